The van der Waals surface area contributed by atoms with Crippen LogP contribution in [0.1, 0.15) is 55.8 Å². The summed E-state index contributed by atoms with van der Waals surface area (Å²) in [5.41, 5.74) is 1.85. The molecule has 2 heterocycles. The van der Waals surface area contributed by atoms with E-state index in [1.807, 2.05) is 24.4 Å². The molecule has 27 heavy (non-hydrogen) atoms. The van der Waals surface area contributed by atoms with Gasteiger partial charge in [-0.05, 0) is 57.2 Å². The third-order valence-corrected chi connectivity index (χ3v) is 6.71. The number of fused-ring (bicyclic) bond motifs is 2. The van der Waals surface area contributed by atoms with Crippen molar-refractivity contribution in [3.8, 4) is 5.75 Å². The van der Waals surface area contributed by atoms with E-state index in [0.717, 1.165) is 53.6 Å². The lowest BCUT2D eigenvalue weighted by Gasteiger charge is -2.41. The predicted molar refractivity (Wildman–Crippen MR) is 110 cm³/mol. The number of carbonyl (C=O) groups excluding carboxylic acids is 1. The van der Waals surface area contributed by atoms with E-state index in [4.69, 9.17) is 4.74 Å². The first kappa shape index (κ1) is 18.5. The van der Waals surface area contributed by atoms with Gasteiger partial charge in [0.15, 0.2) is 5.78 Å². The van der Waals surface area contributed by atoms with Crippen molar-refractivity contribution in [1.82, 2.24) is 9.47 Å². The molecule has 0 radical (unpaired) electrons. The Morgan fingerprint density at radius 1 is 1.15 bits per heavy atom. The monoisotopic (exact) mass is 368 g/mol. The molecule has 0 spiro atoms. The summed E-state index contributed by atoms with van der Waals surface area (Å²) in [5.74, 6) is 2.89. The number of aromatic nitrogens is 1. The molecule has 2 aromatic rings. The average Bonchev–Trinajstić information content (AvgIpc) is 3.07. The summed E-state index contributed by atoms with van der Waals surface area (Å²) < 4.78 is 7.79. The van der Waals surface area contributed by atoms with Gasteiger partial charge in [0.05, 0.1) is 12.6 Å². The van der Waals surface area contributed by atoms with Gasteiger partial charge in [-0.25, -0.2) is 0 Å². The number of para-hydroxylation sites is 1. The Morgan fingerprint density at radius 2 is 1.96 bits per heavy atom. The van der Waals surface area contributed by atoms with E-state index >= 15 is 0 Å². The fourth-order valence-corrected chi connectivity index (χ4v) is 5.29. The van der Waals surface area contributed by atoms with Crippen molar-refractivity contribution < 1.29 is 9.53 Å². The molecular formula is C23H32N2O2. The van der Waals surface area contributed by atoms with Crippen molar-refractivity contribution in [3.63, 3.8) is 0 Å². The minimum atomic E-state index is 0.117. The number of likely N-dealkylation sites (tertiary alicyclic amines) is 1. The highest BCUT2D eigenvalue weighted by atomic mass is 16.5. The van der Waals surface area contributed by atoms with Gasteiger partial charge in [0.2, 0.25) is 0 Å². The summed E-state index contributed by atoms with van der Waals surface area (Å²) in [6.07, 6.45) is 10.3. The molecule has 4 nitrogen and oxygen atoms in total. The van der Waals surface area contributed by atoms with Crippen molar-refractivity contribution in [3.05, 3.63) is 30.0 Å². The topological polar surface area (TPSA) is 34.5 Å². The van der Waals surface area contributed by atoms with Crippen molar-refractivity contribution in [1.29, 1.82) is 0 Å². The smallest absolute Gasteiger partial charge is 0.161 e. The van der Waals surface area contributed by atoms with Gasteiger partial charge in [-0.15, -0.1) is 0 Å². The number of rotatable bonds is 6. The molecule has 1 saturated heterocycles. The van der Waals surface area contributed by atoms with Crippen LogP contribution in [0, 0.1) is 11.8 Å². The number of piperidine rings is 1. The van der Waals surface area contributed by atoms with E-state index in [9.17, 15) is 4.79 Å². The minimum Gasteiger partial charge on any atom is -0.495 e. The van der Waals surface area contributed by atoms with Crippen molar-refractivity contribution in [2.24, 2.45) is 11.8 Å². The number of ether oxygens (including phenoxy) is 1. The summed E-state index contributed by atoms with van der Waals surface area (Å²) in [4.78, 5) is 14.7. The molecule has 4 heteroatoms. The van der Waals surface area contributed by atoms with Crippen molar-refractivity contribution in [2.45, 2.75) is 52.0 Å². The van der Waals surface area contributed by atoms with Crippen LogP contribution in [0.3, 0.4) is 0 Å². The first-order chi connectivity index (χ1) is 13.2. The van der Waals surface area contributed by atoms with Gasteiger partial charge in [-0.1, -0.05) is 31.4 Å². The highest BCUT2D eigenvalue weighted by Crippen LogP contribution is 2.36. The van der Waals surface area contributed by atoms with E-state index in [0.29, 0.717) is 0 Å². The second kappa shape index (κ2) is 8.05. The number of Topliss-reactive ketones (excluding diaryl/α,β-unsaturated/α-hetero) is 1. The number of aryl methyl sites for hydroxylation is 1. The van der Waals surface area contributed by atoms with E-state index < -0.39 is 0 Å². The summed E-state index contributed by atoms with van der Waals surface area (Å²) in [7, 11) is 1.70. The Kier molecular flexibility index (Phi) is 5.53. The van der Waals surface area contributed by atoms with Crippen LogP contribution in [0.25, 0.3) is 10.9 Å². The van der Waals surface area contributed by atoms with Gasteiger partial charge in [0.25, 0.3) is 0 Å². The molecule has 2 atom stereocenters. The number of nitrogens with zero attached hydrogens (tertiary/aromatic N) is 2. The van der Waals surface area contributed by atoms with Gasteiger partial charge < -0.3 is 14.2 Å². The van der Waals surface area contributed by atoms with Crippen molar-refractivity contribution in [2.75, 3.05) is 26.7 Å². The normalized spacial score (nSPS) is 23.3. The molecule has 1 aromatic heterocycles. The number of methoxy groups -OCH3 is 1. The highest BCUT2D eigenvalue weighted by Gasteiger charge is 2.30. The van der Waals surface area contributed by atoms with Crippen LogP contribution in [0.4, 0.5) is 0 Å². The highest BCUT2D eigenvalue weighted by molar-refractivity contribution is 6.08. The fourth-order valence-electron chi connectivity index (χ4n) is 5.29. The molecule has 2 fully saturated rings. The van der Waals surface area contributed by atoms with E-state index in [-0.39, 0.29) is 5.78 Å². The molecule has 4 rings (SSSR count). The lowest BCUT2D eigenvalue weighted by Crippen LogP contribution is -2.42. The van der Waals surface area contributed by atoms with Crippen LogP contribution in [0.5, 0.6) is 5.75 Å². The summed E-state index contributed by atoms with van der Waals surface area (Å²) in [6, 6.07) is 5.97. The fraction of sp³-hybridized carbons (Fsp3) is 0.609. The van der Waals surface area contributed by atoms with Crippen LogP contribution in [0.15, 0.2) is 24.4 Å². The van der Waals surface area contributed by atoms with E-state index in [1.165, 1.54) is 45.2 Å². The van der Waals surface area contributed by atoms with Crippen LogP contribution in [-0.4, -0.2) is 42.0 Å². The Labute approximate surface area is 162 Å². The summed E-state index contributed by atoms with van der Waals surface area (Å²) in [6.45, 7) is 6.27. The SMILES string of the molecule is COc1cccc2c(C(C)=O)cn(CCCN3CCC4CCCCC4C3)c12. The first-order valence-electron chi connectivity index (χ1n) is 10.6. The lowest BCUT2D eigenvalue weighted by atomic mass is 9.75. The number of ketones is 1. The largest absolute Gasteiger partial charge is 0.495 e. The van der Waals surface area contributed by atoms with Crippen LogP contribution >= 0.6 is 0 Å². The number of hydrogen-bond acceptors (Lipinski definition) is 3. The number of benzene rings is 1. The molecule has 0 bridgehead atoms. The Morgan fingerprint density at radius 3 is 2.74 bits per heavy atom. The third kappa shape index (κ3) is 3.77. The maximum Gasteiger partial charge on any atom is 0.161 e. The zero-order chi connectivity index (χ0) is 18.8. The van der Waals surface area contributed by atoms with Gasteiger partial charge in [0, 0.05) is 30.2 Å². The zero-order valence-electron chi connectivity index (χ0n) is 16.7. The number of hydrogen-bond donors (Lipinski definition) is 0. The molecule has 1 aromatic carbocycles. The molecule has 146 valence electrons. The average molecular weight is 369 g/mol. The Hall–Kier alpha value is -1.81. The predicted octanol–water partition coefficient (Wildman–Crippen LogP) is 4.75. The quantitative estimate of drug-likeness (QED) is 0.690. The molecular weight excluding hydrogens is 336 g/mol. The molecule has 0 N–H and O–H groups in total. The van der Waals surface area contributed by atoms with Crippen LogP contribution in [-0.2, 0) is 6.54 Å². The van der Waals surface area contributed by atoms with Crippen LogP contribution < -0.4 is 4.74 Å². The molecule has 1 aliphatic carbocycles. The lowest BCUT2D eigenvalue weighted by molar-refractivity contribution is 0.0854. The standard InChI is InChI=1S/C23H32N2O2/c1-17(26)21-16-25(23-20(21)9-5-10-22(23)27-2)13-6-12-24-14-11-18-7-3-4-8-19(18)15-24/h5,9-10,16,18-19H,3-4,6-8,11-15H2,1-2H3. The maximum absolute atomic E-state index is 12.1. The second-order valence-electron chi connectivity index (χ2n) is 8.40. The van der Waals surface area contributed by atoms with Crippen LogP contribution in [0.2, 0.25) is 0 Å². The second-order valence-corrected chi connectivity index (χ2v) is 8.40. The molecule has 0 amide bonds. The van der Waals surface area contributed by atoms with E-state index in [2.05, 4.69) is 9.47 Å². The van der Waals surface area contributed by atoms with E-state index in [1.54, 1.807) is 14.0 Å². The summed E-state index contributed by atoms with van der Waals surface area (Å²) in [5, 5.41) is 1.00. The molecule has 1 saturated carbocycles. The van der Waals surface area contributed by atoms with Gasteiger partial charge in [-0.2, -0.15) is 0 Å². The molecule has 2 aliphatic rings. The third-order valence-electron chi connectivity index (χ3n) is 6.71. The first-order valence-corrected chi connectivity index (χ1v) is 10.6. The van der Waals surface area contributed by atoms with Gasteiger partial charge in [0.1, 0.15) is 5.75 Å². The number of carbonyl (C=O) groups is 1. The molecule has 1 aliphatic heterocycles. The van der Waals surface area contributed by atoms with Gasteiger partial charge in [-0.3, -0.25) is 4.79 Å². The van der Waals surface area contributed by atoms with Gasteiger partial charge >= 0.3 is 0 Å². The Bertz CT molecular complexity index is 810. The van der Waals surface area contributed by atoms with Crippen molar-refractivity contribution >= 4 is 16.7 Å². The maximum atomic E-state index is 12.1. The summed E-state index contributed by atoms with van der Waals surface area (Å²) >= 11 is 0. The Balaban J connectivity index is 1.44. The molecule has 2 unspecified atom stereocenters. The minimum absolute atomic E-state index is 0.117. The zero-order valence-corrected chi connectivity index (χ0v) is 16.7.